The molecule has 1 saturated heterocycles. The summed E-state index contributed by atoms with van der Waals surface area (Å²) in [5.74, 6) is 0.598. The van der Waals surface area contributed by atoms with Crippen LogP contribution in [0.15, 0.2) is 46.0 Å². The van der Waals surface area contributed by atoms with E-state index in [4.69, 9.17) is 0 Å². The molecule has 3 heterocycles. The minimum absolute atomic E-state index is 0.171. The van der Waals surface area contributed by atoms with Crippen molar-refractivity contribution in [3.8, 4) is 0 Å². The van der Waals surface area contributed by atoms with Gasteiger partial charge in [0.1, 0.15) is 0 Å². The number of para-hydroxylation sites is 1. The number of rotatable bonds is 2. The molecule has 0 amide bonds. The average molecular weight is 365 g/mol. The molecule has 0 spiro atoms. The maximum atomic E-state index is 12.9. The van der Waals surface area contributed by atoms with Crippen molar-refractivity contribution >= 4 is 22.3 Å². The lowest BCUT2D eigenvalue weighted by atomic mass is 10.1. The van der Waals surface area contributed by atoms with Gasteiger partial charge in [-0.3, -0.25) is 9.59 Å². The Morgan fingerprint density at radius 3 is 2.19 bits per heavy atom. The summed E-state index contributed by atoms with van der Waals surface area (Å²) in [5, 5.41) is 5.31. The van der Waals surface area contributed by atoms with Crippen LogP contribution in [-0.4, -0.2) is 40.5 Å². The van der Waals surface area contributed by atoms with Crippen molar-refractivity contribution in [2.24, 2.45) is 14.1 Å². The van der Waals surface area contributed by atoms with E-state index in [1.54, 1.807) is 24.7 Å². The average Bonchev–Trinajstić information content (AvgIpc) is 2.70. The topological polar surface area (TPSA) is 63.4 Å². The van der Waals surface area contributed by atoms with Crippen LogP contribution in [0.3, 0.4) is 0 Å². The Kier molecular flexibility index (Phi) is 4.22. The van der Waals surface area contributed by atoms with Crippen molar-refractivity contribution < 1.29 is 0 Å². The number of nitrogens with zero attached hydrogens (tertiary/aromatic N) is 5. The quantitative estimate of drug-likeness (QED) is 0.684. The maximum absolute atomic E-state index is 12.9. The van der Waals surface area contributed by atoms with Gasteiger partial charge in [0.05, 0.1) is 10.8 Å². The summed E-state index contributed by atoms with van der Waals surface area (Å²) < 4.78 is 2.91. The molecule has 1 aliphatic heterocycles. The van der Waals surface area contributed by atoms with Gasteiger partial charge in [0.25, 0.3) is 11.1 Å². The Morgan fingerprint density at radius 2 is 1.52 bits per heavy atom. The molecule has 7 nitrogen and oxygen atoms in total. The first-order valence-corrected chi connectivity index (χ1v) is 9.10. The third kappa shape index (κ3) is 2.89. The molecule has 1 aromatic carbocycles. The van der Waals surface area contributed by atoms with Gasteiger partial charge in [0.2, 0.25) is 0 Å². The number of piperazine rings is 1. The van der Waals surface area contributed by atoms with E-state index in [0.29, 0.717) is 16.6 Å². The van der Waals surface area contributed by atoms with Crippen LogP contribution >= 0.6 is 0 Å². The monoisotopic (exact) mass is 365 g/mol. The van der Waals surface area contributed by atoms with Gasteiger partial charge in [0.15, 0.2) is 5.82 Å². The minimum Gasteiger partial charge on any atom is -0.368 e. The third-order valence-corrected chi connectivity index (χ3v) is 5.36. The zero-order chi connectivity index (χ0) is 19.1. The van der Waals surface area contributed by atoms with Crippen molar-refractivity contribution in [3.63, 3.8) is 0 Å². The molecule has 7 heteroatoms. The van der Waals surface area contributed by atoms with Gasteiger partial charge < -0.3 is 14.4 Å². The van der Waals surface area contributed by atoms with E-state index in [9.17, 15) is 9.59 Å². The van der Waals surface area contributed by atoms with Crippen LogP contribution in [0.25, 0.3) is 10.8 Å². The Balaban J connectivity index is 1.75. The summed E-state index contributed by atoms with van der Waals surface area (Å²) in [7, 11) is 3.37. The second-order valence-corrected chi connectivity index (χ2v) is 7.00. The fourth-order valence-electron chi connectivity index (χ4n) is 3.65. The zero-order valence-corrected chi connectivity index (χ0v) is 15.8. The van der Waals surface area contributed by atoms with Crippen LogP contribution in [0.2, 0.25) is 0 Å². The lowest BCUT2D eigenvalue weighted by Gasteiger charge is -2.37. The van der Waals surface area contributed by atoms with Crippen molar-refractivity contribution in [2.75, 3.05) is 36.0 Å². The standard InChI is InChI=1S/C20H23N5O2/c1-14-13-16-17(20(27)22(14)2)18(21-23(3)19(16)26)25-11-9-24(10-12-25)15-7-5-4-6-8-15/h4-8,13H,9-12H2,1-3H3. The normalized spacial score (nSPS) is 14.8. The fourth-order valence-corrected chi connectivity index (χ4v) is 3.65. The van der Waals surface area contributed by atoms with E-state index in [1.807, 2.05) is 25.1 Å². The van der Waals surface area contributed by atoms with Gasteiger partial charge in [-0.15, -0.1) is 0 Å². The number of anilines is 2. The molecule has 0 aliphatic carbocycles. The number of pyridine rings is 1. The molecule has 0 saturated carbocycles. The van der Waals surface area contributed by atoms with Gasteiger partial charge >= 0.3 is 0 Å². The molecule has 4 rings (SSSR count). The van der Waals surface area contributed by atoms with Gasteiger partial charge in [-0.25, -0.2) is 4.68 Å². The summed E-state index contributed by atoms with van der Waals surface area (Å²) >= 11 is 0. The number of fused-ring (bicyclic) bond motifs is 1. The smallest absolute Gasteiger partial charge is 0.274 e. The molecule has 0 bridgehead atoms. The fraction of sp³-hybridized carbons (Fsp3) is 0.350. The highest BCUT2D eigenvalue weighted by atomic mass is 16.1. The number of hydrogen-bond acceptors (Lipinski definition) is 5. The SMILES string of the molecule is Cc1cc2c(=O)n(C)nc(N3CCN(c4ccccc4)CC3)c2c(=O)n1C. The van der Waals surface area contributed by atoms with E-state index in [1.165, 1.54) is 10.4 Å². The van der Waals surface area contributed by atoms with Gasteiger partial charge in [-0.1, -0.05) is 18.2 Å². The van der Waals surface area contributed by atoms with Crippen molar-refractivity contribution in [1.82, 2.24) is 14.3 Å². The Hall–Kier alpha value is -3.09. The second-order valence-electron chi connectivity index (χ2n) is 7.00. The summed E-state index contributed by atoms with van der Waals surface area (Å²) in [6.07, 6.45) is 0. The lowest BCUT2D eigenvalue weighted by Crippen LogP contribution is -2.47. The van der Waals surface area contributed by atoms with Crippen LogP contribution in [0.1, 0.15) is 5.69 Å². The van der Waals surface area contributed by atoms with E-state index >= 15 is 0 Å². The Bertz CT molecular complexity index is 1110. The van der Waals surface area contributed by atoms with Crippen molar-refractivity contribution in [1.29, 1.82) is 0 Å². The highest BCUT2D eigenvalue weighted by Crippen LogP contribution is 2.23. The third-order valence-electron chi connectivity index (χ3n) is 5.36. The first kappa shape index (κ1) is 17.3. The molecule has 140 valence electrons. The first-order chi connectivity index (χ1) is 13.0. The predicted octanol–water partition coefficient (Wildman–Crippen LogP) is 1.27. The Morgan fingerprint density at radius 1 is 0.889 bits per heavy atom. The maximum Gasteiger partial charge on any atom is 0.274 e. The molecule has 0 N–H and O–H groups in total. The first-order valence-electron chi connectivity index (χ1n) is 9.10. The molecule has 3 aromatic rings. The number of aromatic nitrogens is 3. The molecular formula is C20H23N5O2. The number of benzene rings is 1. The molecule has 2 aromatic heterocycles. The summed E-state index contributed by atoms with van der Waals surface area (Å²) in [4.78, 5) is 29.9. The van der Waals surface area contributed by atoms with E-state index in [0.717, 1.165) is 31.9 Å². The van der Waals surface area contributed by atoms with Crippen LogP contribution in [0.4, 0.5) is 11.5 Å². The molecule has 0 atom stereocenters. The summed E-state index contributed by atoms with van der Waals surface area (Å²) in [6.45, 7) is 4.99. The number of aryl methyl sites for hydroxylation is 2. The number of hydrogen-bond donors (Lipinski definition) is 0. The molecule has 0 unspecified atom stereocenters. The highest BCUT2D eigenvalue weighted by molar-refractivity contribution is 5.91. The van der Waals surface area contributed by atoms with Crippen LogP contribution in [0.5, 0.6) is 0 Å². The lowest BCUT2D eigenvalue weighted by molar-refractivity contribution is 0.627. The van der Waals surface area contributed by atoms with E-state index < -0.39 is 0 Å². The molecule has 27 heavy (non-hydrogen) atoms. The van der Waals surface area contributed by atoms with E-state index in [-0.39, 0.29) is 11.1 Å². The summed E-state index contributed by atoms with van der Waals surface area (Å²) in [5.41, 5.74) is 1.55. The van der Waals surface area contributed by atoms with E-state index in [2.05, 4.69) is 27.0 Å². The largest absolute Gasteiger partial charge is 0.368 e. The predicted molar refractivity (Wildman–Crippen MR) is 108 cm³/mol. The van der Waals surface area contributed by atoms with Gasteiger partial charge in [-0.2, -0.15) is 5.10 Å². The van der Waals surface area contributed by atoms with Gasteiger partial charge in [0, 0.05) is 51.7 Å². The van der Waals surface area contributed by atoms with Gasteiger partial charge in [-0.05, 0) is 25.1 Å². The minimum atomic E-state index is -0.238. The van der Waals surface area contributed by atoms with Crippen LogP contribution in [-0.2, 0) is 14.1 Å². The molecule has 0 radical (unpaired) electrons. The van der Waals surface area contributed by atoms with Crippen molar-refractivity contribution in [3.05, 3.63) is 62.8 Å². The molecular weight excluding hydrogens is 342 g/mol. The van der Waals surface area contributed by atoms with Crippen molar-refractivity contribution in [2.45, 2.75) is 6.92 Å². The second kappa shape index (κ2) is 6.57. The Labute approximate surface area is 157 Å². The molecule has 1 aliphatic rings. The summed E-state index contributed by atoms with van der Waals surface area (Å²) in [6, 6.07) is 12.1. The molecule has 1 fully saturated rings. The zero-order valence-electron chi connectivity index (χ0n) is 15.8. The van der Waals surface area contributed by atoms with Crippen LogP contribution in [0, 0.1) is 6.92 Å². The highest BCUT2D eigenvalue weighted by Gasteiger charge is 2.23. The van der Waals surface area contributed by atoms with Crippen LogP contribution < -0.4 is 20.9 Å².